The highest BCUT2D eigenvalue weighted by molar-refractivity contribution is 6.39. The Kier molecular flexibility index (Phi) is 4.92. The maximum absolute atomic E-state index is 13.8. The van der Waals surface area contributed by atoms with Crippen LogP contribution in [0.3, 0.4) is 0 Å². The number of carbonyl (C=O) groups excluding carboxylic acids is 2. The number of amides is 2. The molecule has 0 aliphatic carbocycles. The van der Waals surface area contributed by atoms with Crippen LogP contribution in [0.4, 0.5) is 14.5 Å². The van der Waals surface area contributed by atoms with Gasteiger partial charge in [0.1, 0.15) is 18.2 Å². The van der Waals surface area contributed by atoms with Crippen molar-refractivity contribution in [2.24, 2.45) is 4.99 Å². The molecule has 6 nitrogen and oxygen atoms in total. The lowest BCUT2D eigenvalue weighted by Crippen LogP contribution is -2.56. The van der Waals surface area contributed by atoms with Crippen LogP contribution in [0.5, 0.6) is 0 Å². The number of hydrogen-bond donors (Lipinski definition) is 2. The summed E-state index contributed by atoms with van der Waals surface area (Å²) in [6.07, 6.45) is 0. The van der Waals surface area contributed by atoms with Crippen molar-refractivity contribution in [2.75, 3.05) is 11.6 Å². The Hall–Kier alpha value is -3.29. The van der Waals surface area contributed by atoms with Gasteiger partial charge in [-0.15, -0.1) is 0 Å². The fourth-order valence-corrected chi connectivity index (χ4v) is 2.52. The number of nitrogens with zero attached hydrogens (tertiary/aromatic N) is 2. The number of nitrogens with one attached hydrogen (secondary N) is 2. The molecule has 0 saturated carbocycles. The molecule has 0 aromatic heterocycles. The predicted octanol–water partition coefficient (Wildman–Crippen LogP) is 2.09. The first kappa shape index (κ1) is 17.5. The van der Waals surface area contributed by atoms with Crippen molar-refractivity contribution >= 4 is 23.3 Å². The summed E-state index contributed by atoms with van der Waals surface area (Å²) in [7, 11) is 0. The van der Waals surface area contributed by atoms with E-state index in [-0.39, 0.29) is 23.9 Å². The van der Waals surface area contributed by atoms with Gasteiger partial charge in [0.25, 0.3) is 11.8 Å². The Labute approximate surface area is 148 Å². The predicted molar refractivity (Wildman–Crippen MR) is 92.3 cm³/mol. The summed E-state index contributed by atoms with van der Waals surface area (Å²) in [5.74, 6) is -2.26. The Morgan fingerprint density at radius 1 is 1.23 bits per heavy atom. The zero-order valence-corrected chi connectivity index (χ0v) is 13.9. The molecule has 1 heterocycles. The molecule has 0 saturated heterocycles. The monoisotopic (exact) mass is 358 g/mol. The van der Waals surface area contributed by atoms with E-state index in [0.29, 0.717) is 5.69 Å². The highest BCUT2D eigenvalue weighted by Gasteiger charge is 2.26. The van der Waals surface area contributed by atoms with E-state index in [1.165, 1.54) is 11.9 Å². The first-order chi connectivity index (χ1) is 12.5. The minimum absolute atomic E-state index is 0.0192. The quantitative estimate of drug-likeness (QED) is 0.879. The first-order valence-corrected chi connectivity index (χ1v) is 7.90. The molecule has 134 valence electrons. The maximum atomic E-state index is 13.8. The van der Waals surface area contributed by atoms with Gasteiger partial charge in [0.2, 0.25) is 5.84 Å². The van der Waals surface area contributed by atoms with Crippen LogP contribution < -0.4 is 15.8 Å². The zero-order chi connectivity index (χ0) is 18.7. The highest BCUT2D eigenvalue weighted by Crippen LogP contribution is 2.18. The summed E-state index contributed by atoms with van der Waals surface area (Å²) >= 11 is 0. The molecule has 26 heavy (non-hydrogen) atoms. The number of hydrazine groups is 1. The van der Waals surface area contributed by atoms with Gasteiger partial charge in [-0.25, -0.2) is 13.8 Å². The third-order valence-electron chi connectivity index (χ3n) is 3.84. The zero-order valence-electron chi connectivity index (χ0n) is 13.9. The van der Waals surface area contributed by atoms with Gasteiger partial charge in [0, 0.05) is 5.56 Å². The fraction of sp³-hybridized carbons (Fsp3) is 0.167. The van der Waals surface area contributed by atoms with Crippen molar-refractivity contribution in [1.29, 1.82) is 0 Å². The molecule has 2 N–H and O–H groups in total. The Morgan fingerprint density at radius 3 is 2.69 bits per heavy atom. The highest BCUT2D eigenvalue weighted by atomic mass is 19.1. The van der Waals surface area contributed by atoms with Crippen molar-refractivity contribution in [3.8, 4) is 0 Å². The molecule has 0 unspecified atom stereocenters. The molecule has 0 spiro atoms. The Morgan fingerprint density at radius 2 is 1.96 bits per heavy atom. The minimum Gasteiger partial charge on any atom is -0.343 e. The van der Waals surface area contributed by atoms with Crippen molar-refractivity contribution < 1.29 is 18.4 Å². The molecule has 0 bridgehead atoms. The van der Waals surface area contributed by atoms with Gasteiger partial charge < -0.3 is 5.32 Å². The van der Waals surface area contributed by atoms with Crippen molar-refractivity contribution in [3.05, 3.63) is 65.7 Å². The second-order valence-electron chi connectivity index (χ2n) is 5.70. The van der Waals surface area contributed by atoms with Gasteiger partial charge in [0.15, 0.2) is 0 Å². The molecule has 1 aliphatic rings. The summed E-state index contributed by atoms with van der Waals surface area (Å²) in [6.45, 7) is 1.33. The number of para-hydroxylation sites is 1. The lowest BCUT2D eigenvalue weighted by molar-refractivity contribution is -0.118. The summed E-state index contributed by atoms with van der Waals surface area (Å²) in [4.78, 5) is 28.3. The first-order valence-electron chi connectivity index (χ1n) is 7.90. The van der Waals surface area contributed by atoms with Crippen LogP contribution >= 0.6 is 0 Å². The molecule has 2 aromatic rings. The third kappa shape index (κ3) is 3.69. The normalized spacial score (nSPS) is 15.1. The van der Waals surface area contributed by atoms with E-state index in [2.05, 4.69) is 15.7 Å². The average Bonchev–Trinajstić information content (AvgIpc) is 2.64. The number of hydrogen-bond acceptors (Lipinski definition) is 4. The largest absolute Gasteiger partial charge is 0.343 e. The Balaban J connectivity index is 1.73. The van der Waals surface area contributed by atoms with Gasteiger partial charge in [-0.3, -0.25) is 20.0 Å². The molecular weight excluding hydrogens is 342 g/mol. The lowest BCUT2D eigenvalue weighted by atomic mass is 10.1. The lowest BCUT2D eigenvalue weighted by Gasteiger charge is -2.28. The van der Waals surface area contributed by atoms with Crippen LogP contribution in [0, 0.1) is 11.6 Å². The van der Waals surface area contributed by atoms with Crippen LogP contribution in [0.2, 0.25) is 0 Å². The number of rotatable bonds is 4. The Bertz CT molecular complexity index is 871. The van der Waals surface area contributed by atoms with E-state index < -0.39 is 23.6 Å². The molecule has 1 aliphatic heterocycles. The maximum Gasteiger partial charge on any atom is 0.288 e. The molecule has 2 aromatic carbocycles. The van der Waals surface area contributed by atoms with E-state index >= 15 is 0 Å². The summed E-state index contributed by atoms with van der Waals surface area (Å²) in [5, 5.41) is 3.76. The third-order valence-corrected chi connectivity index (χ3v) is 3.84. The van der Waals surface area contributed by atoms with Crippen LogP contribution in [0.15, 0.2) is 53.5 Å². The van der Waals surface area contributed by atoms with E-state index in [1.807, 2.05) is 0 Å². The molecule has 0 fully saturated rings. The summed E-state index contributed by atoms with van der Waals surface area (Å²) < 4.78 is 27.2. The number of anilines is 1. The van der Waals surface area contributed by atoms with Crippen molar-refractivity contribution in [3.63, 3.8) is 0 Å². The van der Waals surface area contributed by atoms with Gasteiger partial charge in [-0.2, -0.15) is 0 Å². The van der Waals surface area contributed by atoms with Crippen LogP contribution in [0.1, 0.15) is 18.5 Å². The number of carbonyl (C=O) groups is 2. The molecule has 1 atom stereocenters. The second-order valence-corrected chi connectivity index (χ2v) is 5.70. The van der Waals surface area contributed by atoms with Gasteiger partial charge in [0.05, 0.1) is 11.7 Å². The number of benzene rings is 2. The van der Waals surface area contributed by atoms with E-state index in [9.17, 15) is 18.4 Å². The van der Waals surface area contributed by atoms with Crippen molar-refractivity contribution in [1.82, 2.24) is 10.7 Å². The standard InChI is InChI=1S/C18H16F2N4O2/c1-11(14-9-12(19)7-8-15(14)20)22-18(26)17-21-10-16(25)24(23-17)13-5-3-2-4-6-13/h2-9,11H,10H2,1H3,(H,21,23)(H,22,26)/t11-/m1/s1. The molecule has 2 amide bonds. The van der Waals surface area contributed by atoms with Gasteiger partial charge >= 0.3 is 0 Å². The van der Waals surface area contributed by atoms with Gasteiger partial charge in [-0.05, 0) is 37.3 Å². The van der Waals surface area contributed by atoms with Crippen LogP contribution in [0.25, 0.3) is 0 Å². The molecule has 3 rings (SSSR count). The van der Waals surface area contributed by atoms with Gasteiger partial charge in [-0.1, -0.05) is 18.2 Å². The topological polar surface area (TPSA) is 73.8 Å². The summed E-state index contributed by atoms with van der Waals surface area (Å²) in [5.41, 5.74) is 3.23. The fourth-order valence-electron chi connectivity index (χ4n) is 2.52. The van der Waals surface area contributed by atoms with E-state index in [4.69, 9.17) is 0 Å². The summed E-state index contributed by atoms with van der Waals surface area (Å²) in [6, 6.07) is 11.0. The molecule has 8 heteroatoms. The number of aliphatic imine (C=N–C) groups is 1. The smallest absolute Gasteiger partial charge is 0.288 e. The number of halogens is 2. The second kappa shape index (κ2) is 7.30. The molecule has 0 radical (unpaired) electrons. The SMILES string of the molecule is C[C@@H](NC(=O)C1=NCC(=O)N(c2ccccc2)N1)c1cc(F)ccc1F. The van der Waals surface area contributed by atoms with E-state index in [1.54, 1.807) is 30.3 Å². The number of amidine groups is 1. The average molecular weight is 358 g/mol. The van der Waals surface area contributed by atoms with Crippen molar-refractivity contribution in [2.45, 2.75) is 13.0 Å². The minimum atomic E-state index is -0.787. The van der Waals surface area contributed by atoms with E-state index in [0.717, 1.165) is 18.2 Å². The molecular formula is C18H16F2N4O2. The van der Waals surface area contributed by atoms with Crippen LogP contribution in [-0.2, 0) is 9.59 Å². The van der Waals surface area contributed by atoms with Crippen LogP contribution in [-0.4, -0.2) is 24.2 Å².